The van der Waals surface area contributed by atoms with Gasteiger partial charge in [-0.25, -0.2) is 3.11 Å². The van der Waals surface area contributed by atoms with Crippen molar-refractivity contribution >= 4 is 22.9 Å². The van der Waals surface area contributed by atoms with E-state index in [0.717, 1.165) is 26.2 Å². The van der Waals surface area contributed by atoms with Gasteiger partial charge in [0.05, 0.1) is 18.8 Å². The van der Waals surface area contributed by atoms with Gasteiger partial charge in [-0.05, 0) is 7.05 Å². The monoisotopic (exact) mass is 268 g/mol. The first-order valence-corrected chi connectivity index (χ1v) is 4.96. The van der Waals surface area contributed by atoms with Crippen molar-refractivity contribution in [2.75, 3.05) is 33.3 Å². The normalized spacial score (nSPS) is 40.9. The van der Waals surface area contributed by atoms with E-state index < -0.39 is 0 Å². The molecule has 0 N–H and O–H groups in total. The van der Waals surface area contributed by atoms with Crippen LogP contribution in [0.5, 0.6) is 0 Å². The van der Waals surface area contributed by atoms with Crippen molar-refractivity contribution in [3.8, 4) is 0 Å². The van der Waals surface area contributed by atoms with Crippen LogP contribution in [0.4, 0.5) is 0 Å². The van der Waals surface area contributed by atoms with E-state index >= 15 is 0 Å². The first-order valence-electron chi connectivity index (χ1n) is 4.00. The van der Waals surface area contributed by atoms with Crippen LogP contribution >= 0.6 is 22.9 Å². The van der Waals surface area contributed by atoms with Crippen LogP contribution in [-0.2, 0) is 4.74 Å². The molecule has 11 heavy (non-hydrogen) atoms. The predicted molar refractivity (Wildman–Crippen MR) is 51.8 cm³/mol. The van der Waals surface area contributed by atoms with Crippen molar-refractivity contribution in [1.29, 1.82) is 0 Å². The van der Waals surface area contributed by atoms with Crippen LogP contribution in [0.2, 0.25) is 0 Å². The van der Waals surface area contributed by atoms with Gasteiger partial charge in [-0.15, -0.1) is 0 Å². The van der Waals surface area contributed by atoms with Gasteiger partial charge < -0.3 is 9.64 Å². The summed E-state index contributed by atoms with van der Waals surface area (Å²) in [5.74, 6) is 0. The molecule has 2 aliphatic rings. The second-order valence-corrected chi connectivity index (χ2v) is 4.56. The molecule has 0 saturated carbocycles. The Bertz CT molecular complexity index is 155. The molecule has 0 aromatic heterocycles. The highest BCUT2D eigenvalue weighted by Gasteiger charge is 2.37. The topological polar surface area (TPSA) is 15.7 Å². The average Bonchev–Trinajstić information content (AvgIpc) is 2.31. The zero-order valence-corrected chi connectivity index (χ0v) is 8.82. The van der Waals surface area contributed by atoms with Gasteiger partial charge in [-0.1, -0.05) is 0 Å². The first-order chi connectivity index (χ1) is 5.27. The lowest BCUT2D eigenvalue weighted by atomic mass is 10.2. The largest absolute Gasteiger partial charge is 0.374 e. The fourth-order valence-corrected chi connectivity index (χ4v) is 2.56. The second kappa shape index (κ2) is 3.16. The molecule has 2 fully saturated rings. The van der Waals surface area contributed by atoms with Crippen molar-refractivity contribution in [2.24, 2.45) is 0 Å². The third-order valence-corrected chi connectivity index (χ3v) is 3.61. The number of nitrogens with zero attached hydrogens (tertiary/aromatic N) is 2. The minimum absolute atomic E-state index is 0.464. The fraction of sp³-hybridized carbons (Fsp3) is 1.00. The Balaban J connectivity index is 2.03. The van der Waals surface area contributed by atoms with Gasteiger partial charge in [0.2, 0.25) is 0 Å². The lowest BCUT2D eigenvalue weighted by Gasteiger charge is -2.31. The Hall–Kier alpha value is 0.610. The summed E-state index contributed by atoms with van der Waals surface area (Å²) in [6.07, 6.45) is 0.464. The molecule has 2 atom stereocenters. The van der Waals surface area contributed by atoms with Crippen LogP contribution in [0.3, 0.4) is 0 Å². The molecule has 2 aliphatic heterocycles. The summed E-state index contributed by atoms with van der Waals surface area (Å²) in [6, 6.07) is 0.634. The van der Waals surface area contributed by atoms with Crippen molar-refractivity contribution in [1.82, 2.24) is 8.01 Å². The van der Waals surface area contributed by atoms with E-state index in [1.165, 1.54) is 0 Å². The van der Waals surface area contributed by atoms with E-state index in [4.69, 9.17) is 4.74 Å². The van der Waals surface area contributed by atoms with E-state index in [0.29, 0.717) is 12.1 Å². The molecule has 64 valence electrons. The summed E-state index contributed by atoms with van der Waals surface area (Å²) in [7, 11) is 2.16. The summed E-state index contributed by atoms with van der Waals surface area (Å²) < 4.78 is 8.04. The number of fused-ring (bicyclic) bond motifs is 1. The fourth-order valence-electron chi connectivity index (χ4n) is 1.83. The molecule has 0 bridgehead atoms. The van der Waals surface area contributed by atoms with Gasteiger partial charge in [0.1, 0.15) is 0 Å². The molecule has 0 radical (unpaired) electrons. The number of rotatable bonds is 0. The third kappa shape index (κ3) is 1.54. The molecule has 2 saturated heterocycles. The van der Waals surface area contributed by atoms with E-state index in [1.54, 1.807) is 0 Å². The van der Waals surface area contributed by atoms with Gasteiger partial charge >= 0.3 is 0 Å². The summed E-state index contributed by atoms with van der Waals surface area (Å²) >= 11 is 2.41. The van der Waals surface area contributed by atoms with Gasteiger partial charge in [-0.2, -0.15) is 0 Å². The molecular weight excluding hydrogens is 255 g/mol. The molecule has 0 aromatic carbocycles. The van der Waals surface area contributed by atoms with Gasteiger partial charge in [-0.3, -0.25) is 0 Å². The van der Waals surface area contributed by atoms with Crippen molar-refractivity contribution < 1.29 is 4.74 Å². The Kier molecular flexibility index (Phi) is 2.36. The summed E-state index contributed by atoms with van der Waals surface area (Å²) in [4.78, 5) is 2.34. The van der Waals surface area contributed by atoms with Crippen molar-refractivity contribution in [3.05, 3.63) is 0 Å². The Morgan fingerprint density at radius 2 is 2.27 bits per heavy atom. The number of hydrogen-bond donors (Lipinski definition) is 0. The number of likely N-dealkylation sites (tertiary alicyclic amines) is 1. The quantitative estimate of drug-likeness (QED) is 0.466. The van der Waals surface area contributed by atoms with E-state index in [-0.39, 0.29) is 0 Å². The number of likely N-dealkylation sites (N-methyl/N-ethyl adjacent to an activating group) is 1. The van der Waals surface area contributed by atoms with Crippen LogP contribution in [-0.4, -0.2) is 53.4 Å². The maximum absolute atomic E-state index is 5.65. The van der Waals surface area contributed by atoms with Gasteiger partial charge in [0, 0.05) is 42.5 Å². The van der Waals surface area contributed by atoms with E-state index in [9.17, 15) is 0 Å². The van der Waals surface area contributed by atoms with Crippen LogP contribution in [0.1, 0.15) is 0 Å². The summed E-state index contributed by atoms with van der Waals surface area (Å²) in [5.41, 5.74) is 0. The van der Waals surface area contributed by atoms with Crippen LogP contribution in [0, 0.1) is 0 Å². The van der Waals surface area contributed by atoms with Crippen molar-refractivity contribution in [3.63, 3.8) is 0 Å². The highest BCUT2D eigenvalue weighted by Crippen LogP contribution is 2.23. The Morgan fingerprint density at radius 1 is 1.45 bits per heavy atom. The zero-order chi connectivity index (χ0) is 7.84. The minimum Gasteiger partial charge on any atom is -0.374 e. The molecule has 0 aliphatic carbocycles. The maximum Gasteiger partial charge on any atom is 0.0877 e. The van der Waals surface area contributed by atoms with E-state index in [2.05, 4.69) is 37.9 Å². The average molecular weight is 268 g/mol. The lowest BCUT2D eigenvalue weighted by Crippen LogP contribution is -2.45. The number of morpholine rings is 1. The van der Waals surface area contributed by atoms with Gasteiger partial charge in [0.25, 0.3) is 0 Å². The molecule has 3 nitrogen and oxygen atoms in total. The zero-order valence-electron chi connectivity index (χ0n) is 6.66. The number of halogens is 1. The van der Waals surface area contributed by atoms with Crippen LogP contribution in [0.15, 0.2) is 0 Å². The predicted octanol–water partition coefficient (Wildman–Crippen LogP) is 0.351. The molecule has 0 spiro atoms. The standard InChI is InChI=1S/C7H13IN2O/c1-9-4-6-7(5-9)11-3-2-10(6)8/h6-7H,2-5H2,1H3. The van der Waals surface area contributed by atoms with Crippen molar-refractivity contribution in [2.45, 2.75) is 12.1 Å². The SMILES string of the molecule is CN1CC2OCCN(I)C2C1. The lowest BCUT2D eigenvalue weighted by molar-refractivity contribution is -0.00646. The highest BCUT2D eigenvalue weighted by molar-refractivity contribution is 14.1. The summed E-state index contributed by atoms with van der Waals surface area (Å²) in [5, 5.41) is 0. The molecule has 2 unspecified atom stereocenters. The summed E-state index contributed by atoms with van der Waals surface area (Å²) in [6.45, 7) is 4.24. The molecule has 4 heteroatoms. The smallest absolute Gasteiger partial charge is 0.0877 e. The molecule has 0 amide bonds. The Morgan fingerprint density at radius 3 is 3.00 bits per heavy atom. The molecule has 2 heterocycles. The molecular formula is C7H13IN2O. The van der Waals surface area contributed by atoms with E-state index in [1.807, 2.05) is 0 Å². The Labute approximate surface area is 81.2 Å². The third-order valence-electron chi connectivity index (χ3n) is 2.42. The van der Waals surface area contributed by atoms with Crippen LogP contribution < -0.4 is 0 Å². The second-order valence-electron chi connectivity index (χ2n) is 3.32. The molecule has 0 aromatic rings. The first kappa shape index (κ1) is 8.22. The molecule has 2 rings (SSSR count). The highest BCUT2D eigenvalue weighted by atomic mass is 127. The maximum atomic E-state index is 5.65. The van der Waals surface area contributed by atoms with Gasteiger partial charge in [0.15, 0.2) is 0 Å². The number of ether oxygens (including phenoxy) is 1. The number of hydrogen-bond acceptors (Lipinski definition) is 3. The minimum atomic E-state index is 0.464. The van der Waals surface area contributed by atoms with Crippen LogP contribution in [0.25, 0.3) is 0 Å².